The topological polar surface area (TPSA) is 23.8 Å². The van der Waals surface area contributed by atoms with Gasteiger partial charge in [-0.15, -0.1) is 0 Å². The van der Waals surface area contributed by atoms with Crippen molar-refractivity contribution in [3.05, 3.63) is 47.3 Å². The average molecular weight is 339 g/mol. The second kappa shape index (κ2) is 8.65. The van der Waals surface area contributed by atoms with Crippen molar-refractivity contribution < 1.29 is 4.39 Å². The smallest absolute Gasteiger partial charge is 0.141 e. The Balaban J connectivity index is 1.48. The van der Waals surface area contributed by atoms with Gasteiger partial charge in [-0.1, -0.05) is 31.6 Å². The molecule has 2 fully saturated rings. The van der Waals surface area contributed by atoms with Crippen LogP contribution < -0.4 is 0 Å². The van der Waals surface area contributed by atoms with Crippen LogP contribution in [0.4, 0.5) is 4.39 Å². The number of hydrogen-bond donors (Lipinski definition) is 0. The number of benzene rings is 1. The van der Waals surface area contributed by atoms with Crippen LogP contribution in [-0.2, 0) is 0 Å². The Hall–Kier alpha value is -1.62. The molecule has 134 valence electrons. The van der Waals surface area contributed by atoms with Gasteiger partial charge in [-0.3, -0.25) is 0 Å². The van der Waals surface area contributed by atoms with Crippen molar-refractivity contribution in [3.63, 3.8) is 0 Å². The van der Waals surface area contributed by atoms with Gasteiger partial charge in [-0.05, 0) is 92.7 Å². The van der Waals surface area contributed by atoms with Crippen LogP contribution >= 0.6 is 0 Å². The maximum atomic E-state index is 13.8. The third-order valence-electron chi connectivity index (χ3n) is 6.48. The summed E-state index contributed by atoms with van der Waals surface area (Å²) in [6.45, 7) is 2.32. The minimum Gasteiger partial charge on any atom is -0.206 e. The molecule has 25 heavy (non-hydrogen) atoms. The predicted octanol–water partition coefficient (Wildman–Crippen LogP) is 6.74. The number of nitrogens with zero attached hydrogens (tertiary/aromatic N) is 1. The molecule has 0 heterocycles. The van der Waals surface area contributed by atoms with Crippen molar-refractivity contribution in [1.29, 1.82) is 5.26 Å². The third kappa shape index (κ3) is 4.72. The van der Waals surface area contributed by atoms with Gasteiger partial charge in [0.2, 0.25) is 0 Å². The van der Waals surface area contributed by atoms with E-state index in [0.29, 0.717) is 11.8 Å². The molecule has 2 aliphatic carbocycles. The minimum absolute atomic E-state index is 0.151. The van der Waals surface area contributed by atoms with Crippen LogP contribution in [0.25, 0.3) is 0 Å². The highest BCUT2D eigenvalue weighted by Crippen LogP contribution is 2.38. The van der Waals surface area contributed by atoms with Gasteiger partial charge < -0.3 is 0 Å². The lowest BCUT2D eigenvalue weighted by Crippen LogP contribution is -2.14. The van der Waals surface area contributed by atoms with Crippen molar-refractivity contribution in [3.8, 4) is 6.07 Å². The van der Waals surface area contributed by atoms with Gasteiger partial charge in [0.25, 0.3) is 0 Å². The van der Waals surface area contributed by atoms with Crippen LogP contribution in [0, 0.1) is 34.9 Å². The van der Waals surface area contributed by atoms with Gasteiger partial charge in [-0.25, -0.2) is 4.39 Å². The molecule has 0 saturated heterocycles. The van der Waals surface area contributed by atoms with Gasteiger partial charge in [0, 0.05) is 0 Å². The third-order valence-corrected chi connectivity index (χ3v) is 6.48. The first kappa shape index (κ1) is 18.2. The fourth-order valence-corrected chi connectivity index (χ4v) is 4.62. The molecule has 0 amide bonds. The number of halogens is 1. The molecule has 0 unspecified atom stereocenters. The molecule has 2 saturated carbocycles. The quantitative estimate of drug-likeness (QED) is 0.557. The van der Waals surface area contributed by atoms with Crippen molar-refractivity contribution in [2.75, 3.05) is 0 Å². The summed E-state index contributed by atoms with van der Waals surface area (Å²) >= 11 is 0. The Kier molecular flexibility index (Phi) is 6.29. The summed E-state index contributed by atoms with van der Waals surface area (Å²) < 4.78 is 13.8. The summed E-state index contributed by atoms with van der Waals surface area (Å²) in [5.41, 5.74) is 1.22. The highest BCUT2D eigenvalue weighted by Gasteiger charge is 2.23. The van der Waals surface area contributed by atoms with Gasteiger partial charge in [-0.2, -0.15) is 5.26 Å². The first-order valence-corrected chi connectivity index (χ1v) is 10.1. The Morgan fingerprint density at radius 1 is 1.00 bits per heavy atom. The lowest BCUT2D eigenvalue weighted by molar-refractivity contribution is 0.301. The zero-order chi connectivity index (χ0) is 17.6. The maximum absolute atomic E-state index is 13.8. The minimum atomic E-state index is -0.371. The Morgan fingerprint density at radius 2 is 1.60 bits per heavy atom. The molecule has 2 aliphatic rings. The highest BCUT2D eigenvalue weighted by atomic mass is 19.1. The molecule has 0 atom stereocenters. The molecule has 0 aliphatic heterocycles. The fourth-order valence-electron chi connectivity index (χ4n) is 4.62. The van der Waals surface area contributed by atoms with Gasteiger partial charge in [0.05, 0.1) is 5.56 Å². The van der Waals surface area contributed by atoms with Gasteiger partial charge in [0.1, 0.15) is 11.9 Å². The monoisotopic (exact) mass is 339 g/mol. The largest absolute Gasteiger partial charge is 0.206 e. The highest BCUT2D eigenvalue weighted by molar-refractivity contribution is 5.35. The molecule has 0 radical (unpaired) electrons. The van der Waals surface area contributed by atoms with Crippen LogP contribution in [0.1, 0.15) is 81.8 Å². The van der Waals surface area contributed by atoms with E-state index in [1.165, 1.54) is 44.9 Å². The lowest BCUT2D eigenvalue weighted by Gasteiger charge is -2.29. The standard InChI is InChI=1S/C23H30FN/c1-2-17-3-5-18(6-4-17)7-8-19-9-11-20(12-10-19)21-13-14-22(16-25)23(24)15-21/h7-8,13-15,17-20H,2-6,9-12H2,1H3/b8-7+/t17-,18-,19?,20?. The SMILES string of the molecule is CC[C@H]1CC[C@H](/C=C/C2CCC(c3ccc(C#N)c(F)c3)CC2)CC1. The van der Waals surface area contributed by atoms with Crippen molar-refractivity contribution >= 4 is 0 Å². The normalized spacial score (nSPS) is 30.3. The number of allylic oxidation sites excluding steroid dienone is 2. The number of nitriles is 1. The van der Waals surface area contributed by atoms with Crippen molar-refractivity contribution in [2.24, 2.45) is 17.8 Å². The number of rotatable bonds is 4. The molecular formula is C23H30FN. The summed E-state index contributed by atoms with van der Waals surface area (Å²) in [4.78, 5) is 0. The average Bonchev–Trinajstić information content (AvgIpc) is 2.67. The van der Waals surface area contributed by atoms with E-state index in [0.717, 1.165) is 30.2 Å². The molecule has 1 aromatic rings. The van der Waals surface area contributed by atoms with E-state index in [-0.39, 0.29) is 11.4 Å². The predicted molar refractivity (Wildman–Crippen MR) is 101 cm³/mol. The van der Waals surface area contributed by atoms with E-state index in [4.69, 9.17) is 5.26 Å². The van der Waals surface area contributed by atoms with E-state index in [2.05, 4.69) is 19.1 Å². The Labute approximate surface area is 151 Å². The van der Waals surface area contributed by atoms with Gasteiger partial charge >= 0.3 is 0 Å². The van der Waals surface area contributed by atoms with E-state index in [1.807, 2.05) is 12.1 Å². The maximum Gasteiger partial charge on any atom is 0.141 e. The van der Waals surface area contributed by atoms with E-state index in [9.17, 15) is 4.39 Å². The lowest BCUT2D eigenvalue weighted by atomic mass is 9.77. The molecular weight excluding hydrogens is 309 g/mol. The Morgan fingerprint density at radius 3 is 2.12 bits per heavy atom. The Bertz CT molecular complexity index is 626. The second-order valence-electron chi connectivity index (χ2n) is 8.04. The zero-order valence-corrected chi connectivity index (χ0v) is 15.4. The summed E-state index contributed by atoms with van der Waals surface area (Å²) in [5, 5.41) is 8.85. The fraction of sp³-hybridized carbons (Fsp3) is 0.609. The molecule has 0 N–H and O–H groups in total. The molecule has 0 bridgehead atoms. The first-order valence-electron chi connectivity index (χ1n) is 10.1. The van der Waals surface area contributed by atoms with Crippen LogP contribution in [0.5, 0.6) is 0 Å². The van der Waals surface area contributed by atoms with Gasteiger partial charge in [0.15, 0.2) is 0 Å². The molecule has 1 nitrogen and oxygen atoms in total. The summed E-state index contributed by atoms with van der Waals surface area (Å²) in [5.74, 6) is 2.54. The second-order valence-corrected chi connectivity index (χ2v) is 8.04. The summed E-state index contributed by atoms with van der Waals surface area (Å²) in [6, 6.07) is 7.04. The summed E-state index contributed by atoms with van der Waals surface area (Å²) in [6.07, 6.45) is 16.5. The van der Waals surface area contributed by atoms with Crippen molar-refractivity contribution in [1.82, 2.24) is 0 Å². The van der Waals surface area contributed by atoms with Crippen LogP contribution in [0.15, 0.2) is 30.4 Å². The van der Waals surface area contributed by atoms with E-state index < -0.39 is 0 Å². The number of hydrogen-bond acceptors (Lipinski definition) is 1. The van der Waals surface area contributed by atoms with Crippen LogP contribution in [0.2, 0.25) is 0 Å². The van der Waals surface area contributed by atoms with Crippen LogP contribution in [0.3, 0.4) is 0 Å². The van der Waals surface area contributed by atoms with E-state index >= 15 is 0 Å². The first-order chi connectivity index (χ1) is 12.2. The molecule has 0 aromatic heterocycles. The van der Waals surface area contributed by atoms with Crippen molar-refractivity contribution in [2.45, 2.75) is 70.6 Å². The zero-order valence-electron chi connectivity index (χ0n) is 15.4. The molecule has 0 spiro atoms. The molecule has 1 aromatic carbocycles. The van der Waals surface area contributed by atoms with Crippen LogP contribution in [-0.4, -0.2) is 0 Å². The van der Waals surface area contributed by atoms with E-state index in [1.54, 1.807) is 12.1 Å². The summed E-state index contributed by atoms with van der Waals surface area (Å²) in [7, 11) is 0. The molecule has 3 rings (SSSR count). The molecule has 2 heteroatoms.